The van der Waals surface area contributed by atoms with Crippen molar-refractivity contribution in [2.45, 2.75) is 38.2 Å². The van der Waals surface area contributed by atoms with E-state index in [1.54, 1.807) is 11.5 Å². The molecule has 0 spiro atoms. The molecule has 0 radical (unpaired) electrons. The summed E-state index contributed by atoms with van der Waals surface area (Å²) in [5.74, 6) is -0.222. The molecule has 0 unspecified atom stereocenters. The third kappa shape index (κ3) is 1.98. The van der Waals surface area contributed by atoms with E-state index in [1.165, 1.54) is 12.7 Å². The maximum atomic E-state index is 11.7. The Hall–Kier alpha value is -1.77. The highest BCUT2D eigenvalue weighted by Crippen LogP contribution is 2.43. The Morgan fingerprint density at radius 1 is 1.52 bits per heavy atom. The topological polar surface area (TPSA) is 113 Å². The predicted molar refractivity (Wildman–Crippen MR) is 73.5 cm³/mol. The van der Waals surface area contributed by atoms with Crippen molar-refractivity contribution in [3.05, 3.63) is 23.0 Å². The number of hydrogen-bond donors (Lipinski definition) is 3. The molecule has 8 heteroatoms. The van der Waals surface area contributed by atoms with Crippen LogP contribution in [0.15, 0.2) is 17.4 Å². The summed E-state index contributed by atoms with van der Waals surface area (Å²) in [4.78, 5) is 22.4. The van der Waals surface area contributed by atoms with Gasteiger partial charge in [0.2, 0.25) is 0 Å². The Kier molecular flexibility index (Phi) is 3.31. The molecule has 3 heterocycles. The van der Waals surface area contributed by atoms with E-state index in [1.807, 2.05) is 6.92 Å². The maximum absolute atomic E-state index is 11.7. The summed E-state index contributed by atoms with van der Waals surface area (Å²) in [5, 5.41) is 19.9. The average Bonchev–Trinajstić information content (AvgIpc) is 3.01. The van der Waals surface area contributed by atoms with Crippen molar-refractivity contribution in [1.82, 2.24) is 19.5 Å². The zero-order valence-corrected chi connectivity index (χ0v) is 11.9. The van der Waals surface area contributed by atoms with Gasteiger partial charge in [-0.3, -0.25) is 9.36 Å². The summed E-state index contributed by atoms with van der Waals surface area (Å²) in [6.45, 7) is 3.31. The molecule has 1 aliphatic heterocycles. The second kappa shape index (κ2) is 4.90. The van der Waals surface area contributed by atoms with Crippen LogP contribution in [0.1, 0.15) is 26.5 Å². The molecule has 4 atom stereocenters. The van der Waals surface area contributed by atoms with Crippen molar-refractivity contribution >= 4 is 11.2 Å². The lowest BCUT2D eigenvalue weighted by molar-refractivity contribution is -0.115. The number of rotatable bonds is 3. The highest BCUT2D eigenvalue weighted by atomic mass is 16.6. The van der Waals surface area contributed by atoms with E-state index in [0.717, 1.165) is 0 Å². The standard InChI is InChI=1S/C13H18N4O4/c1-3-7-9(19)13(2,4-18)21-12(7)17-6-16-8-10(17)14-5-15-11(8)20/h5-7,9,12,18-19H,3-4H2,1-2H3,(H,14,15,20)/t7-,9-,12+,13+/m0/s1. The van der Waals surface area contributed by atoms with Gasteiger partial charge in [-0.15, -0.1) is 0 Å². The van der Waals surface area contributed by atoms with Crippen LogP contribution in [-0.4, -0.2) is 48.0 Å². The van der Waals surface area contributed by atoms with Crippen LogP contribution in [0.5, 0.6) is 0 Å². The largest absolute Gasteiger partial charge is 0.393 e. The van der Waals surface area contributed by atoms with Crippen LogP contribution in [0.3, 0.4) is 0 Å². The van der Waals surface area contributed by atoms with Crippen LogP contribution < -0.4 is 5.56 Å². The second-order valence-electron chi connectivity index (χ2n) is 5.55. The number of aliphatic hydroxyl groups excluding tert-OH is 2. The molecule has 8 nitrogen and oxygen atoms in total. The normalized spacial score (nSPS) is 32.9. The minimum absolute atomic E-state index is 0.222. The van der Waals surface area contributed by atoms with Crippen molar-refractivity contribution in [3.63, 3.8) is 0 Å². The van der Waals surface area contributed by atoms with Gasteiger partial charge in [0, 0.05) is 5.92 Å². The molecular formula is C13H18N4O4. The second-order valence-corrected chi connectivity index (χ2v) is 5.55. The van der Waals surface area contributed by atoms with E-state index < -0.39 is 17.9 Å². The van der Waals surface area contributed by atoms with Gasteiger partial charge in [-0.25, -0.2) is 9.97 Å². The van der Waals surface area contributed by atoms with Crippen LogP contribution in [0.2, 0.25) is 0 Å². The van der Waals surface area contributed by atoms with Gasteiger partial charge in [0.05, 0.1) is 25.4 Å². The first-order valence-electron chi connectivity index (χ1n) is 6.88. The third-order valence-corrected chi connectivity index (χ3v) is 4.21. The smallest absolute Gasteiger partial charge is 0.278 e. The van der Waals surface area contributed by atoms with Crippen molar-refractivity contribution in [3.8, 4) is 0 Å². The Balaban J connectivity index is 2.10. The molecule has 3 N–H and O–H groups in total. The number of nitrogens with one attached hydrogen (secondary N) is 1. The number of fused-ring (bicyclic) bond motifs is 1. The number of aromatic amines is 1. The van der Waals surface area contributed by atoms with Crippen LogP contribution in [-0.2, 0) is 4.74 Å². The van der Waals surface area contributed by atoms with Gasteiger partial charge in [0.25, 0.3) is 5.56 Å². The third-order valence-electron chi connectivity index (χ3n) is 4.21. The SMILES string of the molecule is CC[C@@H]1[C@H](n2cnc3c(=O)[nH]cnc32)O[C@](C)(CO)[C@H]1O. The van der Waals surface area contributed by atoms with E-state index in [0.29, 0.717) is 12.1 Å². The number of ether oxygens (including phenoxy) is 1. The van der Waals surface area contributed by atoms with Crippen molar-refractivity contribution < 1.29 is 14.9 Å². The number of nitrogens with zero attached hydrogens (tertiary/aromatic N) is 3. The number of hydrogen-bond acceptors (Lipinski definition) is 6. The van der Waals surface area contributed by atoms with E-state index in [4.69, 9.17) is 4.74 Å². The number of aliphatic hydroxyl groups is 2. The van der Waals surface area contributed by atoms with Crippen LogP contribution in [0.4, 0.5) is 0 Å². The summed E-state index contributed by atoms with van der Waals surface area (Å²) in [6, 6.07) is 0. The van der Waals surface area contributed by atoms with Gasteiger partial charge in [0.1, 0.15) is 11.8 Å². The minimum Gasteiger partial charge on any atom is -0.393 e. The lowest BCUT2D eigenvalue weighted by Gasteiger charge is -2.25. The van der Waals surface area contributed by atoms with Gasteiger partial charge >= 0.3 is 0 Å². The lowest BCUT2D eigenvalue weighted by atomic mass is 9.90. The molecule has 0 bridgehead atoms. The van der Waals surface area contributed by atoms with E-state index in [2.05, 4.69) is 15.0 Å². The predicted octanol–water partition coefficient (Wildman–Crippen LogP) is -0.214. The highest BCUT2D eigenvalue weighted by Gasteiger charge is 2.51. The quantitative estimate of drug-likeness (QED) is 0.721. The fourth-order valence-corrected chi connectivity index (χ4v) is 2.91. The average molecular weight is 294 g/mol. The monoisotopic (exact) mass is 294 g/mol. The van der Waals surface area contributed by atoms with Crippen molar-refractivity contribution in [2.24, 2.45) is 5.92 Å². The summed E-state index contributed by atoms with van der Waals surface area (Å²) in [5.41, 5.74) is -0.738. The molecule has 1 fully saturated rings. The van der Waals surface area contributed by atoms with Gasteiger partial charge < -0.3 is 19.9 Å². The summed E-state index contributed by atoms with van der Waals surface area (Å²) >= 11 is 0. The first kappa shape index (κ1) is 14.2. The van der Waals surface area contributed by atoms with Crippen LogP contribution in [0, 0.1) is 5.92 Å². The molecule has 2 aromatic heterocycles. The Labute approximate surface area is 120 Å². The molecule has 2 aromatic rings. The molecule has 3 rings (SSSR count). The maximum Gasteiger partial charge on any atom is 0.278 e. The molecule has 114 valence electrons. The minimum atomic E-state index is -1.04. The van der Waals surface area contributed by atoms with Crippen LogP contribution >= 0.6 is 0 Å². The Morgan fingerprint density at radius 3 is 2.95 bits per heavy atom. The molecule has 0 saturated carbocycles. The van der Waals surface area contributed by atoms with Crippen molar-refractivity contribution in [1.29, 1.82) is 0 Å². The zero-order valence-electron chi connectivity index (χ0n) is 11.9. The van der Waals surface area contributed by atoms with Gasteiger partial charge in [-0.05, 0) is 13.3 Å². The fourth-order valence-electron chi connectivity index (χ4n) is 2.91. The zero-order chi connectivity index (χ0) is 15.2. The first-order valence-corrected chi connectivity index (χ1v) is 6.88. The fraction of sp³-hybridized carbons (Fsp3) is 0.615. The first-order chi connectivity index (χ1) is 10.0. The molecule has 1 saturated heterocycles. The number of aromatic nitrogens is 4. The molecule has 0 aromatic carbocycles. The van der Waals surface area contributed by atoms with E-state index in [9.17, 15) is 15.0 Å². The number of H-pyrrole nitrogens is 1. The Bertz CT molecular complexity index is 712. The molecular weight excluding hydrogens is 276 g/mol. The molecule has 0 aliphatic carbocycles. The molecule has 21 heavy (non-hydrogen) atoms. The molecule has 1 aliphatic rings. The van der Waals surface area contributed by atoms with E-state index >= 15 is 0 Å². The van der Waals surface area contributed by atoms with Gasteiger partial charge in [-0.2, -0.15) is 0 Å². The summed E-state index contributed by atoms with van der Waals surface area (Å²) in [6.07, 6.45) is 2.11. The van der Waals surface area contributed by atoms with E-state index in [-0.39, 0.29) is 23.6 Å². The van der Waals surface area contributed by atoms with Gasteiger partial charge in [0.15, 0.2) is 11.2 Å². The molecule has 0 amide bonds. The van der Waals surface area contributed by atoms with Crippen LogP contribution in [0.25, 0.3) is 11.2 Å². The number of imidazole rings is 1. The lowest BCUT2D eigenvalue weighted by Crippen LogP contribution is -2.41. The highest BCUT2D eigenvalue weighted by molar-refractivity contribution is 5.68. The summed E-state index contributed by atoms with van der Waals surface area (Å²) < 4.78 is 7.52. The Morgan fingerprint density at radius 2 is 2.29 bits per heavy atom. The van der Waals surface area contributed by atoms with Gasteiger partial charge in [-0.1, -0.05) is 6.92 Å². The summed E-state index contributed by atoms with van der Waals surface area (Å²) in [7, 11) is 0. The van der Waals surface area contributed by atoms with Crippen molar-refractivity contribution in [2.75, 3.05) is 6.61 Å².